The highest BCUT2D eigenvalue weighted by Crippen LogP contribution is 2.40. The largest absolute Gasteiger partial charge is 0.490 e. The number of ether oxygens (including phenoxy) is 1. The standard InChI is InChI=1S/C28H36F3N5O3/c1-16(34-23(37)13-24(38)35-19-9-6-17(7-10-19)25(32)33)18-8-11-22(21(12-18)28(29,30)31)39-20-14-26(2,3)36-27(4,5)15-20/h6-12,16,20,36H,13-15H2,1-5H3,(H3,32,33)(H,34,37)(H,35,38)/t16-/m0/s1. The van der Waals surface area contributed by atoms with Crippen molar-refractivity contribution in [2.45, 2.75) is 83.3 Å². The van der Waals surface area contributed by atoms with E-state index in [1.165, 1.54) is 12.1 Å². The molecule has 1 atom stereocenters. The number of nitrogens with two attached hydrogens (primary N) is 1. The van der Waals surface area contributed by atoms with Crippen molar-refractivity contribution in [1.29, 1.82) is 5.41 Å². The molecule has 11 heteroatoms. The molecular weight excluding hydrogens is 511 g/mol. The Hall–Kier alpha value is -3.60. The van der Waals surface area contributed by atoms with Gasteiger partial charge >= 0.3 is 6.18 Å². The number of carbonyl (C=O) groups is 2. The van der Waals surface area contributed by atoms with E-state index >= 15 is 0 Å². The lowest BCUT2D eigenvalue weighted by Gasteiger charge is -2.46. The third-order valence-corrected chi connectivity index (χ3v) is 6.43. The van der Waals surface area contributed by atoms with E-state index in [0.717, 1.165) is 6.07 Å². The Morgan fingerprint density at radius 2 is 1.67 bits per heavy atom. The maximum atomic E-state index is 14.0. The van der Waals surface area contributed by atoms with Crippen molar-refractivity contribution in [3.63, 3.8) is 0 Å². The highest BCUT2D eigenvalue weighted by atomic mass is 19.4. The Labute approximate surface area is 226 Å². The highest BCUT2D eigenvalue weighted by molar-refractivity contribution is 6.04. The van der Waals surface area contributed by atoms with E-state index in [9.17, 15) is 22.8 Å². The molecule has 1 heterocycles. The van der Waals surface area contributed by atoms with Crippen molar-refractivity contribution in [3.05, 3.63) is 59.2 Å². The van der Waals surface area contributed by atoms with Crippen molar-refractivity contribution < 1.29 is 27.5 Å². The van der Waals surface area contributed by atoms with Crippen molar-refractivity contribution in [2.24, 2.45) is 5.73 Å². The van der Waals surface area contributed by atoms with Gasteiger partial charge in [-0.1, -0.05) is 6.07 Å². The van der Waals surface area contributed by atoms with Crippen LogP contribution in [0.1, 0.15) is 76.6 Å². The van der Waals surface area contributed by atoms with Crippen LogP contribution in [0, 0.1) is 5.41 Å². The Balaban J connectivity index is 1.66. The normalized spacial score (nSPS) is 17.6. The minimum Gasteiger partial charge on any atom is -0.490 e. The van der Waals surface area contributed by atoms with E-state index in [-0.39, 0.29) is 28.2 Å². The van der Waals surface area contributed by atoms with Crippen LogP contribution in [0.25, 0.3) is 0 Å². The first-order valence-corrected chi connectivity index (χ1v) is 12.6. The zero-order valence-electron chi connectivity index (χ0n) is 22.8. The summed E-state index contributed by atoms with van der Waals surface area (Å²) in [4.78, 5) is 24.7. The fourth-order valence-electron chi connectivity index (χ4n) is 5.09. The van der Waals surface area contributed by atoms with Gasteiger partial charge in [-0.05, 0) is 76.6 Å². The van der Waals surface area contributed by atoms with Crippen molar-refractivity contribution in [2.75, 3.05) is 5.32 Å². The van der Waals surface area contributed by atoms with Crippen molar-refractivity contribution >= 4 is 23.3 Å². The van der Waals surface area contributed by atoms with Gasteiger partial charge in [0.05, 0.1) is 11.6 Å². The van der Waals surface area contributed by atoms with Crippen LogP contribution in [0.3, 0.4) is 0 Å². The molecular formula is C28H36F3N5O3. The Kier molecular flexibility index (Phi) is 8.64. The predicted molar refractivity (Wildman–Crippen MR) is 144 cm³/mol. The SMILES string of the molecule is C[C@H](NC(=O)CC(=O)Nc1ccc(C(=N)N)cc1)c1ccc(OC2CC(C)(C)NC(C)(C)C2)c(C(F)(F)F)c1. The van der Waals surface area contributed by atoms with E-state index in [2.05, 4.69) is 16.0 Å². The summed E-state index contributed by atoms with van der Waals surface area (Å²) in [7, 11) is 0. The fraction of sp³-hybridized carbons (Fsp3) is 0.464. The molecule has 39 heavy (non-hydrogen) atoms. The number of amidine groups is 1. The summed E-state index contributed by atoms with van der Waals surface area (Å²) < 4.78 is 47.9. The number of carbonyl (C=O) groups excluding carboxylic acids is 2. The molecule has 212 valence electrons. The van der Waals surface area contributed by atoms with Gasteiger partial charge < -0.3 is 26.4 Å². The maximum absolute atomic E-state index is 14.0. The van der Waals surface area contributed by atoms with Crippen LogP contribution in [-0.2, 0) is 15.8 Å². The number of halogens is 3. The predicted octanol–water partition coefficient (Wildman–Crippen LogP) is 4.88. The molecule has 2 amide bonds. The summed E-state index contributed by atoms with van der Waals surface area (Å²) in [5.74, 6) is -1.61. The maximum Gasteiger partial charge on any atom is 0.419 e. The van der Waals surface area contributed by atoms with E-state index in [1.807, 2.05) is 27.7 Å². The number of benzene rings is 2. The monoisotopic (exact) mass is 547 g/mol. The summed E-state index contributed by atoms with van der Waals surface area (Å²) in [6, 6.07) is 9.17. The second-order valence-electron chi connectivity index (χ2n) is 11.3. The van der Waals surface area contributed by atoms with Crippen LogP contribution in [0.4, 0.5) is 18.9 Å². The van der Waals surface area contributed by atoms with E-state index in [1.54, 1.807) is 31.2 Å². The van der Waals surface area contributed by atoms with E-state index < -0.39 is 42.1 Å². The van der Waals surface area contributed by atoms with Gasteiger partial charge in [-0.3, -0.25) is 15.0 Å². The first kappa shape index (κ1) is 29.9. The fourth-order valence-corrected chi connectivity index (χ4v) is 5.09. The van der Waals surface area contributed by atoms with Crippen LogP contribution >= 0.6 is 0 Å². The van der Waals surface area contributed by atoms with Crippen LogP contribution in [-0.4, -0.2) is 34.8 Å². The van der Waals surface area contributed by atoms with Gasteiger partial charge in [-0.2, -0.15) is 13.2 Å². The number of hydrogen-bond acceptors (Lipinski definition) is 5. The molecule has 8 nitrogen and oxygen atoms in total. The zero-order chi connectivity index (χ0) is 29.2. The molecule has 3 rings (SSSR count). The first-order valence-electron chi connectivity index (χ1n) is 12.6. The van der Waals surface area contributed by atoms with Crippen LogP contribution < -0.4 is 26.4 Å². The molecule has 1 fully saturated rings. The van der Waals surface area contributed by atoms with Gasteiger partial charge in [-0.25, -0.2) is 0 Å². The summed E-state index contributed by atoms with van der Waals surface area (Å²) in [6.07, 6.45) is -4.49. The average molecular weight is 548 g/mol. The van der Waals surface area contributed by atoms with Crippen LogP contribution in [0.5, 0.6) is 5.75 Å². The summed E-state index contributed by atoms with van der Waals surface area (Å²) in [5, 5.41) is 16.0. The second kappa shape index (κ2) is 11.3. The first-order chi connectivity index (χ1) is 17.9. The van der Waals surface area contributed by atoms with Gasteiger partial charge in [0.2, 0.25) is 11.8 Å². The molecule has 0 bridgehead atoms. The molecule has 1 aliphatic rings. The number of rotatable bonds is 8. The Morgan fingerprint density at radius 1 is 1.08 bits per heavy atom. The molecule has 2 aromatic rings. The molecule has 6 N–H and O–H groups in total. The number of nitrogen functional groups attached to an aromatic ring is 1. The zero-order valence-corrected chi connectivity index (χ0v) is 22.8. The average Bonchev–Trinajstić information content (AvgIpc) is 2.76. The van der Waals surface area contributed by atoms with Gasteiger partial charge in [-0.15, -0.1) is 0 Å². The molecule has 1 saturated heterocycles. The van der Waals surface area contributed by atoms with E-state index in [0.29, 0.717) is 24.1 Å². The number of alkyl halides is 3. The van der Waals surface area contributed by atoms with Gasteiger partial charge in [0, 0.05) is 35.2 Å². The lowest BCUT2D eigenvalue weighted by molar-refractivity contribution is -0.139. The summed E-state index contributed by atoms with van der Waals surface area (Å²) in [6.45, 7) is 9.52. The van der Waals surface area contributed by atoms with Crippen LogP contribution in [0.2, 0.25) is 0 Å². The minimum absolute atomic E-state index is 0.117. The summed E-state index contributed by atoms with van der Waals surface area (Å²) >= 11 is 0. The molecule has 0 spiro atoms. The Morgan fingerprint density at radius 3 is 2.21 bits per heavy atom. The van der Waals surface area contributed by atoms with Gasteiger partial charge in [0.15, 0.2) is 0 Å². The quantitative estimate of drug-likeness (QED) is 0.183. The Bertz CT molecular complexity index is 1210. The molecule has 0 saturated carbocycles. The van der Waals surface area contributed by atoms with Crippen LogP contribution in [0.15, 0.2) is 42.5 Å². The number of piperidine rings is 1. The summed E-state index contributed by atoms with van der Waals surface area (Å²) in [5.41, 5.74) is 5.02. The smallest absolute Gasteiger partial charge is 0.419 e. The third-order valence-electron chi connectivity index (χ3n) is 6.43. The number of anilines is 1. The van der Waals surface area contributed by atoms with E-state index in [4.69, 9.17) is 15.9 Å². The highest BCUT2D eigenvalue weighted by Gasteiger charge is 2.41. The lowest BCUT2D eigenvalue weighted by Crippen LogP contribution is -2.60. The van der Waals surface area contributed by atoms with Crippen molar-refractivity contribution in [1.82, 2.24) is 10.6 Å². The lowest BCUT2D eigenvalue weighted by atomic mass is 9.81. The topological polar surface area (TPSA) is 129 Å². The molecule has 0 aromatic heterocycles. The third kappa shape index (κ3) is 8.44. The molecule has 2 aromatic carbocycles. The number of nitrogens with one attached hydrogen (secondary N) is 4. The van der Waals surface area contributed by atoms with Gasteiger partial charge in [0.1, 0.15) is 24.1 Å². The number of hydrogen-bond donors (Lipinski definition) is 5. The molecule has 1 aliphatic heterocycles. The molecule has 0 aliphatic carbocycles. The number of amides is 2. The van der Waals surface area contributed by atoms with Gasteiger partial charge in [0.25, 0.3) is 0 Å². The molecule has 0 radical (unpaired) electrons. The second-order valence-corrected chi connectivity index (χ2v) is 11.3. The molecule has 0 unspecified atom stereocenters. The van der Waals surface area contributed by atoms with Crippen molar-refractivity contribution in [3.8, 4) is 5.75 Å². The minimum atomic E-state index is -4.66.